The fraction of sp³-hybridized carbons (Fsp3) is 0.500. The van der Waals surface area contributed by atoms with E-state index in [-0.39, 0.29) is 10.3 Å². The zero-order chi connectivity index (χ0) is 9.07. The van der Waals surface area contributed by atoms with Crippen LogP contribution in [0.5, 0.6) is 0 Å². The quantitative estimate of drug-likeness (QED) is 0.284. The number of hydrogen-bond acceptors (Lipinski definition) is 2. The van der Waals surface area contributed by atoms with E-state index >= 15 is 0 Å². The average molecular weight is 204 g/mol. The third kappa shape index (κ3) is 3.68. The van der Waals surface area contributed by atoms with Crippen molar-refractivity contribution in [2.24, 2.45) is 0 Å². The molecular weight excluding hydrogens is 188 g/mol. The van der Waals surface area contributed by atoms with Gasteiger partial charge >= 0.3 is 5.97 Å². The molecule has 0 saturated heterocycles. The Morgan fingerprint density at radius 2 is 2.00 bits per heavy atom. The Morgan fingerprint density at radius 3 is 2.27 bits per heavy atom. The van der Waals surface area contributed by atoms with Gasteiger partial charge in [0.15, 0.2) is 0 Å². The predicted molar refractivity (Wildman–Crippen MR) is 58.3 cm³/mol. The van der Waals surface area contributed by atoms with E-state index in [1.807, 2.05) is 6.92 Å². The average Bonchev–Trinajstić information content (AvgIpc) is 1.85. The van der Waals surface area contributed by atoms with Crippen LogP contribution in [0, 0.1) is 0 Å². The minimum Gasteiger partial charge on any atom is -0.463 e. The van der Waals surface area contributed by atoms with Crippen molar-refractivity contribution in [1.82, 2.24) is 0 Å². The van der Waals surface area contributed by atoms with Gasteiger partial charge in [-0.1, -0.05) is 6.58 Å². The van der Waals surface area contributed by atoms with Crippen molar-refractivity contribution in [2.75, 3.05) is 6.61 Å². The largest absolute Gasteiger partial charge is 0.463 e. The third-order valence-corrected chi connectivity index (χ3v) is 3.24. The topological polar surface area (TPSA) is 26.3 Å². The Kier molecular flexibility index (Phi) is 3.98. The monoisotopic (exact) mass is 204 g/mol. The molecule has 0 spiro atoms. The molecule has 0 amide bonds. The molecule has 2 nitrogen and oxygen atoms in total. The molecule has 0 saturated carbocycles. The highest BCUT2D eigenvalue weighted by atomic mass is 28.3. The summed E-state index contributed by atoms with van der Waals surface area (Å²) < 4.78 is 5.09. The molecule has 0 heterocycles. The molecule has 5 heteroatoms. The second kappa shape index (κ2) is 4.03. The number of carbonyl (C=O) groups is 1. The summed E-state index contributed by atoms with van der Waals surface area (Å²) in [5.41, 5.74) is 0.712. The number of hydrogen-bond donors (Lipinski definition) is 0. The molecule has 11 heavy (non-hydrogen) atoms. The second-order valence-corrected chi connectivity index (χ2v) is 16.9. The Bertz CT molecular complexity index is 171. The molecule has 0 aromatic heterocycles. The molecule has 0 radical (unpaired) electrons. The van der Waals surface area contributed by atoms with Crippen LogP contribution in [-0.2, 0) is 9.53 Å². The summed E-state index contributed by atoms with van der Waals surface area (Å²) >= 11 is 0. The summed E-state index contributed by atoms with van der Waals surface area (Å²) in [4.78, 5) is 11.1. The van der Waals surface area contributed by atoms with Crippen LogP contribution < -0.4 is 0 Å². The van der Waals surface area contributed by atoms with Crippen LogP contribution in [0.3, 0.4) is 0 Å². The first-order chi connectivity index (χ1) is 4.89. The summed E-state index contributed by atoms with van der Waals surface area (Å²) in [6, 6.07) is 0. The molecule has 0 fully saturated rings. The molecule has 0 aliphatic rings. The van der Waals surface area contributed by atoms with Gasteiger partial charge in [0.1, 0.15) is 0 Å². The van der Waals surface area contributed by atoms with E-state index in [0.29, 0.717) is 12.2 Å². The minimum atomic E-state index is -0.187. The number of rotatable bonds is 3. The lowest BCUT2D eigenvalue weighted by molar-refractivity contribution is -0.138. The Morgan fingerprint density at radius 1 is 1.55 bits per heavy atom. The van der Waals surface area contributed by atoms with Crippen LogP contribution in [0.2, 0.25) is 4.28 Å². The summed E-state index contributed by atoms with van der Waals surface area (Å²) in [7, 11) is 3.12. The highest BCUT2D eigenvalue weighted by molar-refractivity contribution is 6.62. The molecule has 0 aliphatic heterocycles. The van der Waals surface area contributed by atoms with Crippen molar-refractivity contribution in [3.05, 3.63) is 12.2 Å². The van der Waals surface area contributed by atoms with Gasteiger partial charge in [-0.3, -0.25) is 0 Å². The molecule has 0 bridgehead atoms. The van der Waals surface area contributed by atoms with Crippen molar-refractivity contribution in [3.8, 4) is 0 Å². The van der Waals surface area contributed by atoms with Gasteiger partial charge in [0, 0.05) is 36.3 Å². The lowest BCUT2D eigenvalue weighted by Crippen LogP contribution is -2.23. The zero-order valence-corrected chi connectivity index (χ0v) is 13.7. The van der Waals surface area contributed by atoms with Crippen molar-refractivity contribution in [2.45, 2.75) is 11.2 Å². The molecule has 0 N–H and O–H groups in total. The Hall–Kier alpha value is -0.139. The molecule has 0 rings (SSSR count). The zero-order valence-electron chi connectivity index (χ0n) is 7.73. The van der Waals surface area contributed by atoms with E-state index in [1.54, 1.807) is 0 Å². The van der Waals surface area contributed by atoms with E-state index in [2.05, 4.69) is 6.58 Å². The number of carbonyl (C=O) groups excluding carboxylic acids is 1. The van der Waals surface area contributed by atoms with E-state index in [9.17, 15) is 4.79 Å². The molecule has 0 aliphatic carbocycles. The van der Waals surface area contributed by atoms with Gasteiger partial charge in [0.25, 0.3) is 0 Å². The highest BCUT2D eigenvalue weighted by Crippen LogP contribution is 2.21. The lowest BCUT2D eigenvalue weighted by Gasteiger charge is -2.19. The number of ether oxygens (including phenoxy) is 1. The molecule has 0 aromatic rings. The molecule has 0 unspecified atom stereocenters. The van der Waals surface area contributed by atoms with Gasteiger partial charge < -0.3 is 4.74 Å². The van der Waals surface area contributed by atoms with Crippen molar-refractivity contribution >= 4 is 36.7 Å². The van der Waals surface area contributed by atoms with Crippen molar-refractivity contribution in [1.29, 1.82) is 0 Å². The first kappa shape index (κ1) is 10.9. The fourth-order valence-electron chi connectivity index (χ4n) is 0.524. The van der Waals surface area contributed by atoms with Crippen LogP contribution in [0.4, 0.5) is 0 Å². The SMILES string of the molecule is C=C(C(=O)OCC)C([SiH3])([SiH3])[SiH3]. The Balaban J connectivity index is 4.15. The first-order valence-electron chi connectivity index (χ1n) is 3.76. The van der Waals surface area contributed by atoms with E-state index in [0.717, 1.165) is 30.7 Å². The maximum atomic E-state index is 11.1. The van der Waals surface area contributed by atoms with Gasteiger partial charge in [0.05, 0.1) is 6.61 Å². The predicted octanol–water partition coefficient (Wildman–Crippen LogP) is -2.72. The van der Waals surface area contributed by atoms with Crippen molar-refractivity contribution < 1.29 is 9.53 Å². The van der Waals surface area contributed by atoms with E-state index in [1.165, 1.54) is 0 Å². The second-order valence-electron chi connectivity index (χ2n) is 3.45. The smallest absolute Gasteiger partial charge is 0.332 e. The van der Waals surface area contributed by atoms with Crippen LogP contribution in [0.25, 0.3) is 0 Å². The first-order valence-corrected chi connectivity index (χ1v) is 6.76. The van der Waals surface area contributed by atoms with E-state index in [4.69, 9.17) is 4.74 Å². The summed E-state index contributed by atoms with van der Waals surface area (Å²) in [6.07, 6.45) is 0. The van der Waals surface area contributed by atoms with Gasteiger partial charge in [-0.05, 0) is 11.2 Å². The van der Waals surface area contributed by atoms with Gasteiger partial charge in [-0.15, -0.1) is 0 Å². The van der Waals surface area contributed by atoms with Crippen LogP contribution in [0.1, 0.15) is 6.92 Å². The number of esters is 1. The summed E-state index contributed by atoms with van der Waals surface area (Å²) in [6.45, 7) is 6.05. The van der Waals surface area contributed by atoms with Crippen LogP contribution in [0.15, 0.2) is 12.2 Å². The van der Waals surface area contributed by atoms with Gasteiger partial charge in [0.2, 0.25) is 0 Å². The maximum Gasteiger partial charge on any atom is 0.332 e. The van der Waals surface area contributed by atoms with Crippen LogP contribution in [-0.4, -0.2) is 43.3 Å². The summed E-state index contributed by atoms with van der Waals surface area (Å²) in [5, 5.41) is 0. The fourth-order valence-corrected chi connectivity index (χ4v) is 1.14. The Labute approximate surface area is 76.7 Å². The van der Waals surface area contributed by atoms with Crippen LogP contribution >= 0.6 is 0 Å². The lowest BCUT2D eigenvalue weighted by atomic mass is 10.3. The molecular formula is C6H16O2Si3. The third-order valence-electron chi connectivity index (χ3n) is 1.43. The summed E-state index contributed by atoms with van der Waals surface area (Å²) in [5.74, 6) is -0.187. The van der Waals surface area contributed by atoms with E-state index < -0.39 is 0 Å². The van der Waals surface area contributed by atoms with Crippen molar-refractivity contribution in [3.63, 3.8) is 0 Å². The van der Waals surface area contributed by atoms with Gasteiger partial charge in [-0.25, -0.2) is 4.79 Å². The van der Waals surface area contributed by atoms with Gasteiger partial charge in [-0.2, -0.15) is 0 Å². The highest BCUT2D eigenvalue weighted by Gasteiger charge is 2.22. The molecule has 0 atom stereocenters. The standard InChI is InChI=1S/C6H16O2Si3/c1-3-8-5(7)4(2)6(9,10)11/h2-3H2,1,9-11H3. The normalized spacial score (nSPS) is 16.1. The molecule has 64 valence electrons. The maximum absolute atomic E-state index is 11.1. The molecule has 0 aromatic carbocycles. The minimum absolute atomic E-state index is 0.187.